The minimum Gasteiger partial charge on any atom is -0.347 e. The molecule has 114 valence electrons. The van der Waals surface area contributed by atoms with Crippen LogP contribution in [0.1, 0.15) is 32.1 Å². The third kappa shape index (κ3) is 4.51. The van der Waals surface area contributed by atoms with Gasteiger partial charge in [0, 0.05) is 12.0 Å². The Balaban J connectivity index is 1.80. The van der Waals surface area contributed by atoms with Crippen LogP contribution in [0.2, 0.25) is 0 Å². The Morgan fingerprint density at radius 2 is 1.86 bits per heavy atom. The van der Waals surface area contributed by atoms with Crippen molar-refractivity contribution in [1.29, 1.82) is 0 Å². The Labute approximate surface area is 121 Å². The number of halogens is 2. The van der Waals surface area contributed by atoms with Gasteiger partial charge in [-0.05, 0) is 25.0 Å². The molecule has 6 heteroatoms. The van der Waals surface area contributed by atoms with Gasteiger partial charge in [0.05, 0.1) is 12.2 Å². The van der Waals surface area contributed by atoms with Crippen molar-refractivity contribution in [3.05, 3.63) is 29.8 Å². The van der Waals surface area contributed by atoms with Gasteiger partial charge in [-0.3, -0.25) is 9.59 Å². The van der Waals surface area contributed by atoms with E-state index < -0.39 is 17.5 Å². The van der Waals surface area contributed by atoms with Crippen LogP contribution in [-0.4, -0.2) is 18.4 Å². The number of carbonyl (C=O) groups excluding carboxylic acids is 2. The third-order valence-electron chi connectivity index (χ3n) is 3.60. The zero-order chi connectivity index (χ0) is 15.2. The Morgan fingerprint density at radius 3 is 2.52 bits per heavy atom. The van der Waals surface area contributed by atoms with E-state index in [-0.39, 0.29) is 24.1 Å². The van der Waals surface area contributed by atoms with E-state index in [0.29, 0.717) is 6.07 Å². The summed E-state index contributed by atoms with van der Waals surface area (Å²) in [5, 5.41) is 4.86. The van der Waals surface area contributed by atoms with Gasteiger partial charge in [-0.1, -0.05) is 19.3 Å². The summed E-state index contributed by atoms with van der Waals surface area (Å²) in [4.78, 5) is 23.5. The van der Waals surface area contributed by atoms with E-state index in [1.165, 1.54) is 0 Å². The maximum atomic E-state index is 13.4. The van der Waals surface area contributed by atoms with Crippen molar-refractivity contribution in [3.63, 3.8) is 0 Å². The van der Waals surface area contributed by atoms with Crippen molar-refractivity contribution in [2.75, 3.05) is 11.9 Å². The monoisotopic (exact) mass is 296 g/mol. The molecule has 2 amide bonds. The second kappa shape index (κ2) is 7.15. The van der Waals surface area contributed by atoms with Crippen LogP contribution in [0.5, 0.6) is 0 Å². The van der Waals surface area contributed by atoms with Crippen LogP contribution in [-0.2, 0) is 9.59 Å². The van der Waals surface area contributed by atoms with Crippen molar-refractivity contribution in [2.24, 2.45) is 5.92 Å². The number of carbonyl (C=O) groups is 2. The third-order valence-corrected chi connectivity index (χ3v) is 3.60. The van der Waals surface area contributed by atoms with E-state index in [2.05, 4.69) is 10.6 Å². The average Bonchev–Trinajstić information content (AvgIpc) is 2.48. The Hall–Kier alpha value is -1.98. The number of nitrogens with one attached hydrogen (secondary N) is 2. The zero-order valence-electron chi connectivity index (χ0n) is 11.6. The van der Waals surface area contributed by atoms with Crippen molar-refractivity contribution < 1.29 is 18.4 Å². The van der Waals surface area contributed by atoms with Gasteiger partial charge in [0.15, 0.2) is 0 Å². The highest BCUT2D eigenvalue weighted by Crippen LogP contribution is 2.23. The van der Waals surface area contributed by atoms with E-state index in [0.717, 1.165) is 44.2 Å². The minimum absolute atomic E-state index is 0.0332. The fraction of sp³-hybridized carbons (Fsp3) is 0.467. The lowest BCUT2D eigenvalue weighted by Gasteiger charge is -2.20. The average molecular weight is 296 g/mol. The molecule has 21 heavy (non-hydrogen) atoms. The Morgan fingerprint density at radius 1 is 1.14 bits per heavy atom. The van der Waals surface area contributed by atoms with Gasteiger partial charge in [-0.2, -0.15) is 0 Å². The maximum Gasteiger partial charge on any atom is 0.243 e. The molecule has 0 radical (unpaired) electrons. The van der Waals surface area contributed by atoms with Crippen LogP contribution >= 0.6 is 0 Å². The first-order valence-electron chi connectivity index (χ1n) is 7.09. The summed E-state index contributed by atoms with van der Waals surface area (Å²) in [6, 6.07) is 2.89. The summed E-state index contributed by atoms with van der Waals surface area (Å²) in [5.41, 5.74) is -0.103. The fourth-order valence-corrected chi connectivity index (χ4v) is 2.46. The maximum absolute atomic E-state index is 13.4. The highest BCUT2D eigenvalue weighted by Gasteiger charge is 2.21. The number of anilines is 1. The van der Waals surface area contributed by atoms with E-state index in [1.54, 1.807) is 0 Å². The van der Waals surface area contributed by atoms with E-state index in [9.17, 15) is 18.4 Å². The number of benzene rings is 1. The first-order valence-corrected chi connectivity index (χ1v) is 7.09. The smallest absolute Gasteiger partial charge is 0.243 e. The summed E-state index contributed by atoms with van der Waals surface area (Å²) >= 11 is 0. The van der Waals surface area contributed by atoms with Gasteiger partial charge in [0.25, 0.3) is 0 Å². The first-order chi connectivity index (χ1) is 10.1. The summed E-state index contributed by atoms with van der Waals surface area (Å²) in [6.45, 7) is -0.216. The van der Waals surface area contributed by atoms with Crippen LogP contribution in [0.15, 0.2) is 18.2 Å². The van der Waals surface area contributed by atoms with Gasteiger partial charge in [-0.25, -0.2) is 8.78 Å². The topological polar surface area (TPSA) is 58.2 Å². The largest absolute Gasteiger partial charge is 0.347 e. The molecule has 1 aliphatic rings. The van der Waals surface area contributed by atoms with Crippen LogP contribution < -0.4 is 10.6 Å². The van der Waals surface area contributed by atoms with Gasteiger partial charge in [0.1, 0.15) is 11.6 Å². The molecule has 2 rings (SSSR count). The van der Waals surface area contributed by atoms with Crippen LogP contribution in [0.3, 0.4) is 0 Å². The van der Waals surface area contributed by atoms with E-state index in [1.807, 2.05) is 0 Å². The lowest BCUT2D eigenvalue weighted by molar-refractivity contribution is -0.128. The Kier molecular flexibility index (Phi) is 5.25. The fourth-order valence-electron chi connectivity index (χ4n) is 2.46. The first kappa shape index (κ1) is 15.4. The molecule has 1 aliphatic carbocycles. The van der Waals surface area contributed by atoms with Gasteiger partial charge >= 0.3 is 0 Å². The summed E-state index contributed by atoms with van der Waals surface area (Å²) in [7, 11) is 0. The van der Waals surface area contributed by atoms with Crippen LogP contribution in [0.4, 0.5) is 14.5 Å². The molecule has 2 N–H and O–H groups in total. The summed E-state index contributed by atoms with van der Waals surface area (Å²) < 4.78 is 26.1. The normalized spacial score (nSPS) is 15.5. The van der Waals surface area contributed by atoms with Crippen molar-refractivity contribution in [1.82, 2.24) is 5.32 Å². The standard InChI is InChI=1S/C15H18F2N2O2/c16-11-6-7-13(12(17)8-11)19-14(20)9-18-15(21)10-4-2-1-3-5-10/h6-8,10H,1-5,9H2,(H,18,21)(H,19,20). The molecule has 1 fully saturated rings. The van der Waals surface area contributed by atoms with Crippen LogP contribution in [0, 0.1) is 17.6 Å². The molecule has 0 heterocycles. The molecule has 4 nitrogen and oxygen atoms in total. The zero-order valence-corrected chi connectivity index (χ0v) is 11.6. The summed E-state index contributed by atoms with van der Waals surface area (Å²) in [5.74, 6) is -2.26. The van der Waals surface area contributed by atoms with Gasteiger partial charge in [0.2, 0.25) is 11.8 Å². The molecule has 1 aromatic rings. The molecule has 0 spiro atoms. The molecule has 0 aromatic heterocycles. The highest BCUT2D eigenvalue weighted by atomic mass is 19.1. The molecule has 0 unspecified atom stereocenters. The minimum atomic E-state index is -0.845. The van der Waals surface area contributed by atoms with Crippen molar-refractivity contribution >= 4 is 17.5 Å². The number of hydrogen-bond acceptors (Lipinski definition) is 2. The number of hydrogen-bond donors (Lipinski definition) is 2. The van der Waals surface area contributed by atoms with Crippen LogP contribution in [0.25, 0.3) is 0 Å². The van der Waals surface area contributed by atoms with E-state index in [4.69, 9.17) is 0 Å². The quantitative estimate of drug-likeness (QED) is 0.897. The predicted molar refractivity (Wildman–Crippen MR) is 74.6 cm³/mol. The van der Waals surface area contributed by atoms with Gasteiger partial charge in [-0.15, -0.1) is 0 Å². The van der Waals surface area contributed by atoms with Crippen molar-refractivity contribution in [2.45, 2.75) is 32.1 Å². The lowest BCUT2D eigenvalue weighted by atomic mass is 9.89. The molecule has 0 atom stereocenters. The summed E-state index contributed by atoms with van der Waals surface area (Å²) in [6.07, 6.45) is 4.91. The Bertz CT molecular complexity index is 528. The second-order valence-electron chi connectivity index (χ2n) is 5.23. The predicted octanol–water partition coefficient (Wildman–Crippen LogP) is 2.60. The molecule has 0 aliphatic heterocycles. The highest BCUT2D eigenvalue weighted by molar-refractivity contribution is 5.94. The molecule has 0 bridgehead atoms. The molecule has 0 saturated heterocycles. The van der Waals surface area contributed by atoms with Crippen molar-refractivity contribution in [3.8, 4) is 0 Å². The number of amides is 2. The molecular formula is C15H18F2N2O2. The SMILES string of the molecule is O=C(CNC(=O)C1CCCCC1)Nc1ccc(F)cc1F. The lowest BCUT2D eigenvalue weighted by Crippen LogP contribution is -2.37. The molecule has 1 aromatic carbocycles. The van der Waals surface area contributed by atoms with E-state index >= 15 is 0 Å². The molecule has 1 saturated carbocycles. The van der Waals surface area contributed by atoms with Gasteiger partial charge < -0.3 is 10.6 Å². The number of rotatable bonds is 4. The second-order valence-corrected chi connectivity index (χ2v) is 5.23. The molecular weight excluding hydrogens is 278 g/mol.